The summed E-state index contributed by atoms with van der Waals surface area (Å²) in [5.41, 5.74) is 1.24. The molecule has 0 aliphatic rings. The molecule has 0 spiro atoms. The Morgan fingerprint density at radius 2 is 2.21 bits per heavy atom. The van der Waals surface area contributed by atoms with Crippen LogP contribution in [0.25, 0.3) is 4.96 Å². The molecule has 0 atom stereocenters. The van der Waals surface area contributed by atoms with E-state index in [2.05, 4.69) is 20.1 Å². The summed E-state index contributed by atoms with van der Waals surface area (Å²) in [4.78, 5) is 16.8. The van der Waals surface area contributed by atoms with Crippen molar-refractivity contribution in [3.8, 4) is 5.75 Å². The van der Waals surface area contributed by atoms with Gasteiger partial charge in [-0.3, -0.25) is 4.79 Å². The molecule has 0 amide bonds. The average molecular weight is 352 g/mol. The van der Waals surface area contributed by atoms with Gasteiger partial charge in [-0.1, -0.05) is 30.4 Å². The number of rotatable bonds is 6. The van der Waals surface area contributed by atoms with Crippen LogP contribution in [0.1, 0.15) is 18.2 Å². The fourth-order valence-electron chi connectivity index (χ4n) is 2.12. The van der Waals surface area contributed by atoms with Crippen molar-refractivity contribution in [2.45, 2.75) is 26.5 Å². The highest BCUT2D eigenvalue weighted by atomic mass is 32.1. The highest BCUT2D eigenvalue weighted by Crippen LogP contribution is 2.20. The Balaban J connectivity index is 1.76. The van der Waals surface area contributed by atoms with Crippen LogP contribution in [0.5, 0.6) is 5.75 Å². The molecule has 24 heavy (non-hydrogen) atoms. The molecule has 0 aliphatic carbocycles. The van der Waals surface area contributed by atoms with Crippen molar-refractivity contribution >= 4 is 21.4 Å². The molecule has 1 aromatic carbocycles. The first kappa shape index (κ1) is 16.3. The van der Waals surface area contributed by atoms with Gasteiger partial charge in [0, 0.05) is 18.3 Å². The van der Waals surface area contributed by atoms with Gasteiger partial charge in [0.2, 0.25) is 10.1 Å². The van der Waals surface area contributed by atoms with E-state index in [1.54, 1.807) is 12.1 Å². The van der Waals surface area contributed by atoms with Gasteiger partial charge >= 0.3 is 6.61 Å². The molecule has 0 unspecified atom stereocenters. The molecular weight excluding hydrogens is 338 g/mol. The molecule has 0 fully saturated rings. The van der Waals surface area contributed by atoms with Crippen LogP contribution in [0.15, 0.2) is 35.1 Å². The molecule has 6 nitrogen and oxygen atoms in total. The van der Waals surface area contributed by atoms with Gasteiger partial charge in [0.05, 0.1) is 0 Å². The first-order valence-corrected chi connectivity index (χ1v) is 8.04. The van der Waals surface area contributed by atoms with Crippen molar-refractivity contribution in [3.63, 3.8) is 0 Å². The maximum atomic E-state index is 12.2. The molecule has 3 rings (SSSR count). The van der Waals surface area contributed by atoms with Crippen LogP contribution in [0.2, 0.25) is 0 Å². The lowest BCUT2D eigenvalue weighted by Crippen LogP contribution is -2.15. The van der Waals surface area contributed by atoms with E-state index in [9.17, 15) is 13.6 Å². The highest BCUT2D eigenvalue weighted by molar-refractivity contribution is 7.20. The molecule has 1 N–H and O–H groups in total. The highest BCUT2D eigenvalue weighted by Gasteiger charge is 2.09. The van der Waals surface area contributed by atoms with Gasteiger partial charge < -0.3 is 10.1 Å². The van der Waals surface area contributed by atoms with E-state index in [4.69, 9.17) is 0 Å². The predicted octanol–water partition coefficient (Wildman–Crippen LogP) is 2.93. The Morgan fingerprint density at radius 3 is 2.96 bits per heavy atom. The molecule has 3 aromatic rings. The zero-order chi connectivity index (χ0) is 17.1. The van der Waals surface area contributed by atoms with E-state index in [0.29, 0.717) is 28.8 Å². The van der Waals surface area contributed by atoms with Crippen LogP contribution >= 0.6 is 11.3 Å². The molecule has 2 aromatic heterocycles. The summed E-state index contributed by atoms with van der Waals surface area (Å²) in [6.07, 6.45) is 0.670. The van der Waals surface area contributed by atoms with Crippen LogP contribution in [0, 0.1) is 0 Å². The zero-order valence-corrected chi connectivity index (χ0v) is 13.5. The van der Waals surface area contributed by atoms with E-state index in [1.165, 1.54) is 34.1 Å². The Kier molecular flexibility index (Phi) is 4.70. The van der Waals surface area contributed by atoms with Crippen molar-refractivity contribution in [2.75, 3.05) is 5.32 Å². The number of alkyl halides is 2. The lowest BCUT2D eigenvalue weighted by molar-refractivity contribution is -0.0498. The van der Waals surface area contributed by atoms with Crippen LogP contribution < -0.4 is 15.6 Å². The Hall–Kier alpha value is -2.55. The largest absolute Gasteiger partial charge is 0.435 e. The maximum Gasteiger partial charge on any atom is 0.387 e. The van der Waals surface area contributed by atoms with Gasteiger partial charge in [0.25, 0.3) is 5.56 Å². The molecule has 0 aliphatic heterocycles. The summed E-state index contributed by atoms with van der Waals surface area (Å²) in [5, 5.41) is 7.75. The summed E-state index contributed by atoms with van der Waals surface area (Å²) in [6.45, 7) is -0.578. The number of ether oxygens (including phenoxy) is 1. The quantitative estimate of drug-likeness (QED) is 0.739. The number of aryl methyl sites for hydroxylation is 1. The van der Waals surface area contributed by atoms with Crippen LogP contribution in [0.3, 0.4) is 0 Å². The SMILES string of the molecule is CCc1cc(=O)n2nc(NCc3cccc(OC(F)F)c3)sc2n1. The number of nitrogens with one attached hydrogen (secondary N) is 1. The zero-order valence-electron chi connectivity index (χ0n) is 12.7. The van der Waals surface area contributed by atoms with Crippen LogP contribution in [-0.4, -0.2) is 21.2 Å². The maximum absolute atomic E-state index is 12.2. The summed E-state index contributed by atoms with van der Waals surface area (Å²) >= 11 is 1.25. The topological polar surface area (TPSA) is 68.5 Å². The fourth-order valence-corrected chi connectivity index (χ4v) is 2.94. The molecule has 0 saturated carbocycles. The van der Waals surface area contributed by atoms with Crippen LogP contribution in [-0.2, 0) is 13.0 Å². The molecule has 2 heterocycles. The van der Waals surface area contributed by atoms with Gasteiger partial charge in [0.1, 0.15) is 5.75 Å². The molecular formula is C15H14F2N4O2S. The van der Waals surface area contributed by atoms with Crippen molar-refractivity contribution in [2.24, 2.45) is 0 Å². The number of nitrogens with zero attached hydrogens (tertiary/aromatic N) is 3. The van der Waals surface area contributed by atoms with E-state index in [0.717, 1.165) is 5.56 Å². The summed E-state index contributed by atoms with van der Waals surface area (Å²) in [6, 6.07) is 7.85. The standard InChI is InChI=1S/C15H14F2N4O2S/c1-2-10-7-12(22)21-15(19-10)24-14(20-21)18-8-9-4-3-5-11(6-9)23-13(16)17/h3-7,13H,2,8H2,1H3,(H,18,20). The third-order valence-corrected chi connectivity index (χ3v) is 4.09. The monoisotopic (exact) mass is 352 g/mol. The second-order valence-corrected chi connectivity index (χ2v) is 5.88. The third kappa shape index (κ3) is 3.67. The first-order chi connectivity index (χ1) is 11.5. The third-order valence-electron chi connectivity index (χ3n) is 3.23. The number of hydrogen-bond donors (Lipinski definition) is 1. The van der Waals surface area contributed by atoms with Crippen LogP contribution in [0.4, 0.5) is 13.9 Å². The lowest BCUT2D eigenvalue weighted by atomic mass is 10.2. The van der Waals surface area contributed by atoms with Crippen molar-refractivity contribution in [1.82, 2.24) is 14.6 Å². The Bertz CT molecular complexity index is 910. The smallest absolute Gasteiger partial charge is 0.387 e. The van der Waals surface area contributed by atoms with Gasteiger partial charge in [-0.2, -0.15) is 13.3 Å². The lowest BCUT2D eigenvalue weighted by Gasteiger charge is -2.07. The van der Waals surface area contributed by atoms with Gasteiger partial charge in [-0.15, -0.1) is 5.10 Å². The number of aromatic nitrogens is 3. The normalized spacial score (nSPS) is 11.2. The van der Waals surface area contributed by atoms with Gasteiger partial charge in [-0.05, 0) is 24.1 Å². The molecule has 0 bridgehead atoms. The fraction of sp³-hybridized carbons (Fsp3) is 0.267. The number of hydrogen-bond acceptors (Lipinski definition) is 6. The van der Waals surface area contributed by atoms with E-state index in [-0.39, 0.29) is 11.3 Å². The van der Waals surface area contributed by atoms with E-state index < -0.39 is 6.61 Å². The first-order valence-electron chi connectivity index (χ1n) is 7.22. The average Bonchev–Trinajstić information content (AvgIpc) is 2.96. The summed E-state index contributed by atoms with van der Waals surface area (Å²) in [7, 11) is 0. The second-order valence-electron chi connectivity index (χ2n) is 4.92. The minimum Gasteiger partial charge on any atom is -0.435 e. The van der Waals surface area contributed by atoms with Gasteiger partial charge in [-0.25, -0.2) is 4.98 Å². The summed E-state index contributed by atoms with van der Waals surface area (Å²) < 4.78 is 30.1. The number of fused-ring (bicyclic) bond motifs is 1. The van der Waals surface area contributed by atoms with Crippen molar-refractivity contribution in [3.05, 3.63) is 51.9 Å². The Morgan fingerprint density at radius 1 is 1.38 bits per heavy atom. The molecule has 0 radical (unpaired) electrons. The van der Waals surface area contributed by atoms with E-state index in [1.807, 2.05) is 6.92 Å². The minimum absolute atomic E-state index is 0.0964. The number of anilines is 1. The van der Waals surface area contributed by atoms with Crippen molar-refractivity contribution < 1.29 is 13.5 Å². The number of benzene rings is 1. The number of halogens is 2. The van der Waals surface area contributed by atoms with Crippen molar-refractivity contribution in [1.29, 1.82) is 0 Å². The molecule has 0 saturated heterocycles. The summed E-state index contributed by atoms with van der Waals surface area (Å²) in [5.74, 6) is 0.0964. The van der Waals surface area contributed by atoms with E-state index >= 15 is 0 Å². The predicted molar refractivity (Wildman–Crippen MR) is 86.9 cm³/mol. The molecule has 9 heteroatoms. The minimum atomic E-state index is -2.86. The second kappa shape index (κ2) is 6.91. The molecule has 126 valence electrons. The van der Waals surface area contributed by atoms with Gasteiger partial charge in [0.15, 0.2) is 0 Å². The Labute approximate surface area is 139 Å².